The smallest absolute Gasteiger partial charge is 0.239 e. The van der Waals surface area contributed by atoms with Gasteiger partial charge in [-0.15, -0.1) is 0 Å². The van der Waals surface area contributed by atoms with E-state index >= 15 is 0 Å². The lowest BCUT2D eigenvalue weighted by Crippen LogP contribution is -2.32. The molecule has 0 aliphatic heterocycles. The molecule has 0 unspecified atom stereocenters. The summed E-state index contributed by atoms with van der Waals surface area (Å²) in [6.45, 7) is 1.14. The second kappa shape index (κ2) is 6.14. The fourth-order valence-electron chi connectivity index (χ4n) is 0.818. The van der Waals surface area contributed by atoms with E-state index in [0.29, 0.717) is 18.3 Å². The van der Waals surface area contributed by atoms with Gasteiger partial charge in [0.25, 0.3) is 0 Å². The highest BCUT2D eigenvalue weighted by atomic mass is 32.1. The summed E-state index contributed by atoms with van der Waals surface area (Å²) in [6, 6.07) is 0. The fourth-order valence-corrected chi connectivity index (χ4v) is 1.31. The van der Waals surface area contributed by atoms with Crippen molar-refractivity contribution in [2.45, 2.75) is 0 Å². The van der Waals surface area contributed by atoms with Crippen LogP contribution < -0.4 is 16.4 Å². The Kier molecular flexibility index (Phi) is 4.78. The molecule has 0 aromatic carbocycles. The van der Waals surface area contributed by atoms with Crippen LogP contribution >= 0.6 is 11.5 Å². The maximum absolute atomic E-state index is 11.2. The zero-order valence-electron chi connectivity index (χ0n) is 8.32. The maximum atomic E-state index is 11.2. The fraction of sp³-hybridized carbons (Fsp3) is 0.571. The first-order chi connectivity index (χ1) is 7.22. The lowest BCUT2D eigenvalue weighted by molar-refractivity contribution is -0.119. The molecule has 0 radical (unpaired) electrons. The predicted molar refractivity (Wildman–Crippen MR) is 57.7 cm³/mol. The number of hydrogen-bond acceptors (Lipinski definition) is 7. The van der Waals surface area contributed by atoms with E-state index in [9.17, 15) is 4.79 Å². The van der Waals surface area contributed by atoms with Crippen LogP contribution in [0.1, 0.15) is 0 Å². The minimum absolute atomic E-state index is 0.124. The summed E-state index contributed by atoms with van der Waals surface area (Å²) in [7, 11) is 1.58. The molecule has 15 heavy (non-hydrogen) atoms. The second-order valence-corrected chi connectivity index (χ2v) is 3.41. The second-order valence-electron chi connectivity index (χ2n) is 2.65. The monoisotopic (exact) mass is 231 g/mol. The Bertz CT molecular complexity index is 316. The molecule has 0 saturated carbocycles. The zero-order valence-corrected chi connectivity index (χ0v) is 9.13. The number of amides is 1. The number of aromatic nitrogens is 2. The van der Waals surface area contributed by atoms with Crippen molar-refractivity contribution in [2.75, 3.05) is 37.9 Å². The Balaban J connectivity index is 2.16. The Hall–Kier alpha value is -1.41. The molecule has 4 N–H and O–H groups in total. The minimum Gasteiger partial charge on any atom is -0.383 e. The van der Waals surface area contributed by atoms with Gasteiger partial charge in [0.15, 0.2) is 0 Å². The molecule has 0 aliphatic rings. The highest BCUT2D eigenvalue weighted by Gasteiger charge is 2.03. The first kappa shape index (κ1) is 11.7. The molecule has 0 atom stereocenters. The predicted octanol–water partition coefficient (Wildman–Crippen LogP) is -0.705. The largest absolute Gasteiger partial charge is 0.383 e. The van der Waals surface area contributed by atoms with E-state index in [2.05, 4.69) is 20.0 Å². The lowest BCUT2D eigenvalue weighted by atomic mass is 10.5. The first-order valence-corrected chi connectivity index (χ1v) is 5.08. The summed E-state index contributed by atoms with van der Waals surface area (Å²) in [5.41, 5.74) is 5.31. The summed E-state index contributed by atoms with van der Waals surface area (Å²) in [6.07, 6.45) is 0. The van der Waals surface area contributed by atoms with Crippen molar-refractivity contribution in [3.05, 3.63) is 0 Å². The van der Waals surface area contributed by atoms with Gasteiger partial charge >= 0.3 is 0 Å². The van der Waals surface area contributed by atoms with Gasteiger partial charge in [-0.05, 0) is 0 Å². The van der Waals surface area contributed by atoms with E-state index in [0.717, 1.165) is 11.5 Å². The molecule has 1 aromatic rings. The van der Waals surface area contributed by atoms with E-state index in [1.54, 1.807) is 7.11 Å². The van der Waals surface area contributed by atoms with Gasteiger partial charge in [0.05, 0.1) is 13.2 Å². The Morgan fingerprint density at radius 3 is 3.07 bits per heavy atom. The minimum atomic E-state index is -0.124. The number of carbonyl (C=O) groups excluding carboxylic acids is 1. The molecule has 1 rings (SSSR count). The van der Waals surface area contributed by atoms with E-state index in [4.69, 9.17) is 10.5 Å². The SMILES string of the molecule is COCCNC(=O)CNc1nc(N)ns1. The normalized spacial score (nSPS) is 9.93. The van der Waals surface area contributed by atoms with Crippen LogP contribution in [-0.4, -0.2) is 42.1 Å². The van der Waals surface area contributed by atoms with E-state index in [1.807, 2.05) is 0 Å². The molecule has 1 aromatic heterocycles. The summed E-state index contributed by atoms with van der Waals surface area (Å²) in [5, 5.41) is 6.00. The van der Waals surface area contributed by atoms with Crippen molar-refractivity contribution in [3.63, 3.8) is 0 Å². The van der Waals surface area contributed by atoms with E-state index in [-0.39, 0.29) is 18.4 Å². The van der Waals surface area contributed by atoms with Crippen molar-refractivity contribution in [1.82, 2.24) is 14.7 Å². The quantitative estimate of drug-likeness (QED) is 0.559. The number of nitrogens with one attached hydrogen (secondary N) is 2. The molecule has 8 heteroatoms. The van der Waals surface area contributed by atoms with Gasteiger partial charge in [-0.1, -0.05) is 0 Å². The average Bonchev–Trinajstić information content (AvgIpc) is 2.62. The maximum Gasteiger partial charge on any atom is 0.239 e. The summed E-state index contributed by atoms with van der Waals surface area (Å²) >= 11 is 1.12. The van der Waals surface area contributed by atoms with Gasteiger partial charge in [-0.3, -0.25) is 4.79 Å². The van der Waals surface area contributed by atoms with Crippen molar-refractivity contribution < 1.29 is 9.53 Å². The Morgan fingerprint density at radius 1 is 1.67 bits per heavy atom. The van der Waals surface area contributed by atoms with Crippen LogP contribution in [0.3, 0.4) is 0 Å². The average molecular weight is 231 g/mol. The molecular weight excluding hydrogens is 218 g/mol. The molecule has 0 aliphatic carbocycles. The van der Waals surface area contributed by atoms with Gasteiger partial charge in [0.2, 0.25) is 17.0 Å². The molecule has 1 heterocycles. The van der Waals surface area contributed by atoms with Gasteiger partial charge < -0.3 is 21.1 Å². The number of nitrogens with two attached hydrogens (primary N) is 1. The van der Waals surface area contributed by atoms with Crippen molar-refractivity contribution in [2.24, 2.45) is 0 Å². The van der Waals surface area contributed by atoms with Crippen LogP contribution in [0.5, 0.6) is 0 Å². The zero-order chi connectivity index (χ0) is 11.1. The first-order valence-electron chi connectivity index (χ1n) is 4.31. The molecule has 0 bridgehead atoms. The third-order valence-electron chi connectivity index (χ3n) is 1.47. The summed E-state index contributed by atoms with van der Waals surface area (Å²) < 4.78 is 8.55. The number of carbonyl (C=O) groups is 1. The highest BCUT2D eigenvalue weighted by molar-refractivity contribution is 7.09. The number of nitrogen functional groups attached to an aromatic ring is 1. The molecular formula is C7H13N5O2S. The molecule has 84 valence electrons. The van der Waals surface area contributed by atoms with Crippen LogP contribution in [0.4, 0.5) is 11.1 Å². The third kappa shape index (κ3) is 4.56. The van der Waals surface area contributed by atoms with Gasteiger partial charge in [-0.2, -0.15) is 9.36 Å². The van der Waals surface area contributed by atoms with Gasteiger partial charge in [0, 0.05) is 25.2 Å². The van der Waals surface area contributed by atoms with Crippen molar-refractivity contribution in [1.29, 1.82) is 0 Å². The number of ether oxygens (including phenoxy) is 1. The molecule has 0 fully saturated rings. The highest BCUT2D eigenvalue weighted by Crippen LogP contribution is 2.10. The van der Waals surface area contributed by atoms with Crippen LogP contribution in [0.15, 0.2) is 0 Å². The van der Waals surface area contributed by atoms with Crippen LogP contribution in [0.25, 0.3) is 0 Å². The topological polar surface area (TPSA) is 102 Å². The number of anilines is 2. The number of methoxy groups -OCH3 is 1. The Morgan fingerprint density at radius 2 is 2.47 bits per heavy atom. The van der Waals surface area contributed by atoms with E-state index in [1.165, 1.54) is 0 Å². The molecule has 1 amide bonds. The van der Waals surface area contributed by atoms with Crippen LogP contribution in [0, 0.1) is 0 Å². The summed E-state index contributed by atoms with van der Waals surface area (Å²) in [4.78, 5) is 15.0. The molecule has 0 saturated heterocycles. The van der Waals surface area contributed by atoms with Crippen molar-refractivity contribution in [3.8, 4) is 0 Å². The third-order valence-corrected chi connectivity index (χ3v) is 2.16. The van der Waals surface area contributed by atoms with E-state index < -0.39 is 0 Å². The van der Waals surface area contributed by atoms with Crippen LogP contribution in [0.2, 0.25) is 0 Å². The molecule has 7 nitrogen and oxygen atoms in total. The van der Waals surface area contributed by atoms with Crippen molar-refractivity contribution >= 4 is 28.5 Å². The Labute approximate surface area is 91.2 Å². The lowest BCUT2D eigenvalue weighted by Gasteiger charge is -2.04. The van der Waals surface area contributed by atoms with Crippen LogP contribution in [-0.2, 0) is 9.53 Å². The molecule has 0 spiro atoms. The number of hydrogen-bond donors (Lipinski definition) is 3. The van der Waals surface area contributed by atoms with Gasteiger partial charge in [0.1, 0.15) is 0 Å². The summed E-state index contributed by atoms with van der Waals surface area (Å²) in [5.74, 6) is 0.0862. The standard InChI is InChI=1S/C7H13N5O2S/c1-14-3-2-9-5(13)4-10-7-11-6(8)12-15-7/h2-4H2,1H3,(H,9,13)(H3,8,10,11,12). The number of rotatable bonds is 6. The number of nitrogens with zero attached hydrogens (tertiary/aromatic N) is 2. The van der Waals surface area contributed by atoms with Gasteiger partial charge in [-0.25, -0.2) is 0 Å².